The fourth-order valence-corrected chi connectivity index (χ4v) is 2.72. The molecule has 11 heteroatoms. The Morgan fingerprint density at radius 3 is 2.35 bits per heavy atom. The van der Waals surface area contributed by atoms with Gasteiger partial charge in [0.1, 0.15) is 0 Å². The highest BCUT2D eigenvalue weighted by Gasteiger charge is 2.30. The molecule has 0 aromatic heterocycles. The summed E-state index contributed by atoms with van der Waals surface area (Å²) < 4.78 is 63.0. The molecule has 2 aromatic carbocycles. The van der Waals surface area contributed by atoms with E-state index in [0.29, 0.717) is 0 Å². The molecule has 0 radical (unpaired) electrons. The van der Waals surface area contributed by atoms with Crippen LogP contribution in [0.15, 0.2) is 42.5 Å². The summed E-state index contributed by atoms with van der Waals surface area (Å²) in [4.78, 5) is 12.0. The molecule has 0 aliphatic rings. The maximum Gasteiger partial charge on any atom is 0.416 e. The highest BCUT2D eigenvalue weighted by molar-refractivity contribution is 7.92. The Hall–Kier alpha value is -2.46. The number of rotatable bonds is 4. The summed E-state index contributed by atoms with van der Waals surface area (Å²) in [5.74, 6) is 0. The average molecular weight is 408 g/mol. The van der Waals surface area contributed by atoms with Crippen molar-refractivity contribution >= 4 is 44.7 Å². The molecule has 140 valence electrons. The van der Waals surface area contributed by atoms with Crippen molar-refractivity contribution in [1.82, 2.24) is 0 Å². The van der Waals surface area contributed by atoms with E-state index >= 15 is 0 Å². The quantitative estimate of drug-likeness (QED) is 0.703. The normalized spacial score (nSPS) is 11.7. The molecule has 2 aromatic rings. The van der Waals surface area contributed by atoms with Gasteiger partial charge >= 0.3 is 12.2 Å². The van der Waals surface area contributed by atoms with Crippen LogP contribution in [-0.2, 0) is 16.2 Å². The molecular weight excluding hydrogens is 395 g/mol. The van der Waals surface area contributed by atoms with Gasteiger partial charge in [-0.1, -0.05) is 17.7 Å². The van der Waals surface area contributed by atoms with Gasteiger partial charge in [-0.25, -0.2) is 13.2 Å². The number of benzene rings is 2. The highest BCUT2D eigenvalue weighted by atomic mass is 35.5. The van der Waals surface area contributed by atoms with Crippen LogP contribution < -0.4 is 15.4 Å². The number of alkyl halides is 3. The average Bonchev–Trinajstić information content (AvgIpc) is 2.48. The first-order valence-corrected chi connectivity index (χ1v) is 9.23. The third-order valence-corrected chi connectivity index (χ3v) is 3.80. The Morgan fingerprint density at radius 1 is 1.04 bits per heavy atom. The maximum atomic E-state index is 12.7. The predicted molar refractivity (Wildman–Crippen MR) is 94.0 cm³/mol. The molecule has 0 atom stereocenters. The second kappa shape index (κ2) is 7.42. The minimum absolute atomic E-state index is 0.0346. The van der Waals surface area contributed by atoms with E-state index in [4.69, 9.17) is 11.6 Å². The predicted octanol–water partition coefficient (Wildman–Crippen LogP) is 4.37. The van der Waals surface area contributed by atoms with Crippen molar-refractivity contribution in [2.75, 3.05) is 21.6 Å². The van der Waals surface area contributed by atoms with Crippen molar-refractivity contribution in [3.8, 4) is 0 Å². The zero-order chi connectivity index (χ0) is 19.5. The van der Waals surface area contributed by atoms with Crippen LogP contribution >= 0.6 is 11.6 Å². The van der Waals surface area contributed by atoms with Crippen molar-refractivity contribution in [2.24, 2.45) is 0 Å². The number of urea groups is 1. The Bertz CT molecular complexity index is 933. The van der Waals surface area contributed by atoms with Gasteiger partial charge in [-0.05, 0) is 36.4 Å². The van der Waals surface area contributed by atoms with Gasteiger partial charge in [0.15, 0.2) is 0 Å². The van der Waals surface area contributed by atoms with Crippen LogP contribution in [0.1, 0.15) is 5.56 Å². The fourth-order valence-electron chi connectivity index (χ4n) is 1.97. The summed E-state index contributed by atoms with van der Waals surface area (Å²) in [6.07, 6.45) is -3.62. The molecule has 2 rings (SSSR count). The first-order valence-electron chi connectivity index (χ1n) is 6.97. The Balaban J connectivity index is 2.19. The van der Waals surface area contributed by atoms with Gasteiger partial charge in [-0.15, -0.1) is 0 Å². The molecule has 0 fully saturated rings. The van der Waals surface area contributed by atoms with E-state index in [1.54, 1.807) is 0 Å². The number of nitrogens with one attached hydrogen (secondary N) is 3. The largest absolute Gasteiger partial charge is 0.416 e. The fraction of sp³-hybridized carbons (Fsp3) is 0.133. The van der Waals surface area contributed by atoms with E-state index in [9.17, 15) is 26.4 Å². The van der Waals surface area contributed by atoms with Crippen molar-refractivity contribution in [2.45, 2.75) is 6.18 Å². The molecule has 0 saturated carbocycles. The lowest BCUT2D eigenvalue weighted by Gasteiger charge is -2.14. The van der Waals surface area contributed by atoms with Gasteiger partial charge < -0.3 is 10.6 Å². The van der Waals surface area contributed by atoms with Gasteiger partial charge in [-0.2, -0.15) is 13.2 Å². The van der Waals surface area contributed by atoms with Crippen LogP contribution in [0.5, 0.6) is 0 Å². The van der Waals surface area contributed by atoms with E-state index in [0.717, 1.165) is 24.5 Å². The molecule has 0 unspecified atom stereocenters. The minimum Gasteiger partial charge on any atom is -0.308 e. The Labute approximate surface area is 152 Å². The smallest absolute Gasteiger partial charge is 0.308 e. The second-order valence-electron chi connectivity index (χ2n) is 5.22. The number of amides is 2. The summed E-state index contributed by atoms with van der Waals surface area (Å²) in [5, 5.41) is 4.80. The number of halogens is 4. The van der Waals surface area contributed by atoms with E-state index < -0.39 is 27.8 Å². The number of anilines is 3. The van der Waals surface area contributed by atoms with Gasteiger partial charge in [0.05, 0.1) is 23.2 Å². The third-order valence-electron chi connectivity index (χ3n) is 2.97. The Kier molecular flexibility index (Phi) is 5.67. The van der Waals surface area contributed by atoms with E-state index in [2.05, 4.69) is 15.4 Å². The molecule has 0 aliphatic heterocycles. The molecule has 6 nitrogen and oxygen atoms in total. The van der Waals surface area contributed by atoms with E-state index in [-0.39, 0.29) is 22.1 Å². The van der Waals surface area contributed by atoms with Crippen molar-refractivity contribution in [3.63, 3.8) is 0 Å². The van der Waals surface area contributed by atoms with Crippen LogP contribution in [0.2, 0.25) is 5.02 Å². The van der Waals surface area contributed by atoms with Crippen LogP contribution in [0.25, 0.3) is 0 Å². The SMILES string of the molecule is CS(=O)(=O)Nc1ccc(Cl)cc1NC(=O)Nc1cccc(C(F)(F)F)c1. The lowest BCUT2D eigenvalue weighted by Crippen LogP contribution is -2.21. The van der Waals surface area contributed by atoms with Gasteiger partial charge in [0, 0.05) is 10.7 Å². The van der Waals surface area contributed by atoms with Gasteiger partial charge in [0.25, 0.3) is 0 Å². The zero-order valence-corrected chi connectivity index (χ0v) is 14.8. The minimum atomic E-state index is -4.55. The first-order chi connectivity index (χ1) is 11.9. The van der Waals surface area contributed by atoms with Crippen LogP contribution in [0.4, 0.5) is 35.0 Å². The lowest BCUT2D eigenvalue weighted by molar-refractivity contribution is -0.137. The van der Waals surface area contributed by atoms with Crippen molar-refractivity contribution in [3.05, 3.63) is 53.1 Å². The van der Waals surface area contributed by atoms with Crippen LogP contribution in [0.3, 0.4) is 0 Å². The summed E-state index contributed by atoms with van der Waals surface area (Å²) in [5.41, 5.74) is -0.919. The molecule has 0 saturated heterocycles. The number of hydrogen-bond acceptors (Lipinski definition) is 3. The molecule has 0 spiro atoms. The number of carbonyl (C=O) groups is 1. The van der Waals surface area contributed by atoms with Crippen LogP contribution in [-0.4, -0.2) is 20.7 Å². The standard InChI is InChI=1S/C15H13ClF3N3O3S/c1-26(24,25)22-12-6-5-10(16)8-13(12)21-14(23)20-11-4-2-3-9(7-11)15(17,18)19/h2-8,22H,1H3,(H2,20,21,23). The zero-order valence-electron chi connectivity index (χ0n) is 13.2. The molecule has 0 bridgehead atoms. The Morgan fingerprint density at radius 2 is 1.73 bits per heavy atom. The molecule has 0 aliphatic carbocycles. The van der Waals surface area contributed by atoms with Crippen LogP contribution in [0, 0.1) is 0 Å². The molecule has 2 amide bonds. The number of hydrogen-bond donors (Lipinski definition) is 3. The second-order valence-corrected chi connectivity index (χ2v) is 7.41. The summed E-state index contributed by atoms with van der Waals surface area (Å²) >= 11 is 5.83. The summed E-state index contributed by atoms with van der Waals surface area (Å²) in [6.45, 7) is 0. The molecule has 26 heavy (non-hydrogen) atoms. The monoisotopic (exact) mass is 407 g/mol. The van der Waals surface area contributed by atoms with Gasteiger partial charge in [0.2, 0.25) is 10.0 Å². The topological polar surface area (TPSA) is 87.3 Å². The molecular formula is C15H13ClF3N3O3S. The van der Waals surface area contributed by atoms with Crippen molar-refractivity contribution < 1.29 is 26.4 Å². The summed E-state index contributed by atoms with van der Waals surface area (Å²) in [6, 6.07) is 7.23. The van der Waals surface area contributed by atoms with Crippen molar-refractivity contribution in [1.29, 1.82) is 0 Å². The van der Waals surface area contributed by atoms with Gasteiger partial charge in [-0.3, -0.25) is 4.72 Å². The number of carbonyl (C=O) groups excluding carboxylic acids is 1. The van der Waals surface area contributed by atoms with E-state index in [1.807, 2.05) is 0 Å². The van der Waals surface area contributed by atoms with E-state index in [1.165, 1.54) is 24.3 Å². The third kappa shape index (κ3) is 5.81. The first kappa shape index (κ1) is 19.9. The highest BCUT2D eigenvalue weighted by Crippen LogP contribution is 2.31. The summed E-state index contributed by atoms with van der Waals surface area (Å²) in [7, 11) is -3.62. The number of sulfonamides is 1. The lowest BCUT2D eigenvalue weighted by atomic mass is 10.2. The molecule has 0 heterocycles. The maximum absolute atomic E-state index is 12.7. The molecule has 3 N–H and O–H groups in total.